The molecule has 1 aromatic carbocycles. The van der Waals surface area contributed by atoms with Crippen LogP contribution in [0.15, 0.2) is 42.7 Å². The summed E-state index contributed by atoms with van der Waals surface area (Å²) < 4.78 is 0. The summed E-state index contributed by atoms with van der Waals surface area (Å²) in [5, 5.41) is 0. The van der Waals surface area contributed by atoms with Crippen LogP contribution >= 0.6 is 0 Å². The molecule has 4 rings (SSSR count). The molecule has 23 heavy (non-hydrogen) atoms. The summed E-state index contributed by atoms with van der Waals surface area (Å²) in [6.45, 7) is 4.53. The molecule has 0 bridgehead atoms. The maximum Gasteiger partial charge on any atom is 0.254 e. The van der Waals surface area contributed by atoms with Gasteiger partial charge in [-0.25, -0.2) is 9.97 Å². The van der Waals surface area contributed by atoms with E-state index < -0.39 is 0 Å². The highest BCUT2D eigenvalue weighted by molar-refractivity contribution is 5.96. The Balaban J connectivity index is 1.53. The van der Waals surface area contributed by atoms with Crippen LogP contribution in [-0.2, 0) is 0 Å². The average molecular weight is 308 g/mol. The third-order valence-corrected chi connectivity index (χ3v) is 5.16. The highest BCUT2D eigenvalue weighted by Crippen LogP contribution is 2.41. The molecule has 0 unspecified atom stereocenters. The molecule has 0 saturated carbocycles. The minimum atomic E-state index is 0.0275. The third-order valence-electron chi connectivity index (χ3n) is 5.16. The van der Waals surface area contributed by atoms with Crippen LogP contribution in [-0.4, -0.2) is 45.9 Å². The van der Waals surface area contributed by atoms with E-state index >= 15 is 0 Å². The van der Waals surface area contributed by atoms with E-state index in [0.717, 1.165) is 49.6 Å². The van der Waals surface area contributed by atoms with Crippen molar-refractivity contribution >= 4 is 11.9 Å². The Morgan fingerprint density at radius 3 is 2.52 bits per heavy atom. The molecule has 1 atom stereocenters. The van der Waals surface area contributed by atoms with Gasteiger partial charge in [0, 0.05) is 37.6 Å². The first-order chi connectivity index (χ1) is 11.2. The first-order valence-electron chi connectivity index (χ1n) is 8.09. The minimum absolute atomic E-state index is 0.0275. The fourth-order valence-electron chi connectivity index (χ4n) is 3.72. The highest BCUT2D eigenvalue weighted by atomic mass is 16.2. The van der Waals surface area contributed by atoms with Crippen molar-refractivity contribution in [1.29, 1.82) is 0 Å². The number of hydrogen-bond donors (Lipinski definition) is 0. The van der Waals surface area contributed by atoms with Crippen LogP contribution < -0.4 is 4.90 Å². The van der Waals surface area contributed by atoms with Gasteiger partial charge >= 0.3 is 0 Å². The van der Waals surface area contributed by atoms with Gasteiger partial charge in [0.2, 0.25) is 5.95 Å². The van der Waals surface area contributed by atoms with Crippen molar-refractivity contribution in [3.63, 3.8) is 0 Å². The molecule has 2 aromatic rings. The summed E-state index contributed by atoms with van der Waals surface area (Å²) in [6, 6.07) is 9.64. The minimum Gasteiger partial charge on any atom is -0.336 e. The first-order valence-corrected chi connectivity index (χ1v) is 8.09. The number of rotatable bonds is 2. The number of likely N-dealkylation sites (tertiary alicyclic amines) is 1. The zero-order chi connectivity index (χ0) is 15.9. The predicted octanol–water partition coefficient (Wildman–Crippen LogP) is 2.28. The Bertz CT molecular complexity index is 733. The molecular weight excluding hydrogens is 288 g/mol. The number of anilines is 1. The molecule has 0 aliphatic carbocycles. The molecule has 2 saturated heterocycles. The number of nitrogens with zero attached hydrogens (tertiary/aromatic N) is 4. The van der Waals surface area contributed by atoms with Crippen molar-refractivity contribution in [3.8, 4) is 0 Å². The number of carbonyl (C=O) groups is 1. The van der Waals surface area contributed by atoms with Crippen molar-refractivity contribution in [2.24, 2.45) is 0 Å². The summed E-state index contributed by atoms with van der Waals surface area (Å²) in [7, 11) is 0. The second kappa shape index (κ2) is 5.33. The van der Waals surface area contributed by atoms with Gasteiger partial charge in [0.1, 0.15) is 0 Å². The van der Waals surface area contributed by atoms with Gasteiger partial charge in [-0.05, 0) is 37.5 Å². The van der Waals surface area contributed by atoms with Gasteiger partial charge in [0.15, 0.2) is 0 Å². The second-order valence-electron chi connectivity index (χ2n) is 6.47. The van der Waals surface area contributed by atoms with Crippen molar-refractivity contribution < 1.29 is 4.79 Å². The molecule has 2 fully saturated rings. The Morgan fingerprint density at radius 1 is 1.09 bits per heavy atom. The monoisotopic (exact) mass is 308 g/mol. The summed E-state index contributed by atoms with van der Waals surface area (Å²) >= 11 is 0. The fraction of sp³-hybridized carbons (Fsp3) is 0.389. The van der Waals surface area contributed by atoms with Gasteiger partial charge < -0.3 is 9.80 Å². The summed E-state index contributed by atoms with van der Waals surface area (Å²) in [6.07, 6.45) is 5.64. The van der Waals surface area contributed by atoms with E-state index in [1.165, 1.54) is 0 Å². The normalized spacial score (nSPS) is 23.2. The SMILES string of the molecule is Cc1ccccc1C(=O)N1CC[C@@]2(CCN2c2ncccn2)C1. The van der Waals surface area contributed by atoms with Gasteiger partial charge in [0.05, 0.1) is 5.54 Å². The molecule has 0 N–H and O–H groups in total. The van der Waals surface area contributed by atoms with Gasteiger partial charge in [0.25, 0.3) is 5.91 Å². The van der Waals surface area contributed by atoms with Crippen LogP contribution in [0.2, 0.25) is 0 Å². The molecule has 2 aliphatic rings. The topological polar surface area (TPSA) is 49.3 Å². The number of hydrogen-bond acceptors (Lipinski definition) is 4. The Labute approximate surface area is 136 Å². The summed E-state index contributed by atoms with van der Waals surface area (Å²) in [5.74, 6) is 0.921. The van der Waals surface area contributed by atoms with Crippen LogP contribution in [0.5, 0.6) is 0 Å². The number of amides is 1. The van der Waals surface area contributed by atoms with E-state index in [2.05, 4.69) is 14.9 Å². The van der Waals surface area contributed by atoms with Crippen LogP contribution in [0.25, 0.3) is 0 Å². The Morgan fingerprint density at radius 2 is 1.83 bits per heavy atom. The lowest BCUT2D eigenvalue weighted by Gasteiger charge is -2.50. The van der Waals surface area contributed by atoms with Gasteiger partial charge in [-0.1, -0.05) is 18.2 Å². The molecule has 5 heteroatoms. The van der Waals surface area contributed by atoms with Crippen molar-refractivity contribution in [2.45, 2.75) is 25.3 Å². The molecule has 1 amide bonds. The van der Waals surface area contributed by atoms with Crippen LogP contribution in [0.1, 0.15) is 28.8 Å². The lowest BCUT2D eigenvalue weighted by atomic mass is 9.84. The lowest BCUT2D eigenvalue weighted by Crippen LogP contribution is -2.62. The largest absolute Gasteiger partial charge is 0.336 e. The highest BCUT2D eigenvalue weighted by Gasteiger charge is 2.51. The molecule has 5 nitrogen and oxygen atoms in total. The van der Waals surface area contributed by atoms with Crippen LogP contribution in [0, 0.1) is 6.92 Å². The molecule has 0 radical (unpaired) electrons. The molecule has 118 valence electrons. The van der Waals surface area contributed by atoms with E-state index in [1.54, 1.807) is 12.4 Å². The number of aryl methyl sites for hydroxylation is 1. The summed E-state index contributed by atoms with van der Waals surface area (Å²) in [4.78, 5) is 25.8. The predicted molar refractivity (Wildman–Crippen MR) is 88.4 cm³/mol. The molecule has 2 aliphatic heterocycles. The maximum absolute atomic E-state index is 12.8. The fourth-order valence-corrected chi connectivity index (χ4v) is 3.72. The van der Waals surface area contributed by atoms with Crippen LogP contribution in [0.4, 0.5) is 5.95 Å². The average Bonchev–Trinajstić information content (AvgIpc) is 3.02. The molecular formula is C18H20N4O. The van der Waals surface area contributed by atoms with Crippen molar-refractivity contribution in [3.05, 3.63) is 53.9 Å². The number of carbonyl (C=O) groups excluding carboxylic acids is 1. The van der Waals surface area contributed by atoms with Crippen LogP contribution in [0.3, 0.4) is 0 Å². The van der Waals surface area contributed by atoms with E-state index in [1.807, 2.05) is 42.2 Å². The first kappa shape index (κ1) is 14.2. The molecule has 1 spiro atoms. The molecule has 3 heterocycles. The van der Waals surface area contributed by atoms with E-state index in [9.17, 15) is 4.79 Å². The Kier molecular flexibility index (Phi) is 3.29. The quantitative estimate of drug-likeness (QED) is 0.854. The van der Waals surface area contributed by atoms with E-state index in [0.29, 0.717) is 0 Å². The molecule has 1 aromatic heterocycles. The number of aromatic nitrogens is 2. The number of benzene rings is 1. The van der Waals surface area contributed by atoms with Crippen molar-refractivity contribution in [2.75, 3.05) is 24.5 Å². The maximum atomic E-state index is 12.8. The standard InChI is InChI=1S/C18H20N4O/c1-14-5-2-3-6-15(14)16(23)21-11-7-18(13-21)8-12-22(18)17-19-9-4-10-20-17/h2-6,9-10H,7-8,11-13H2,1H3/t18-/m1/s1. The lowest BCUT2D eigenvalue weighted by molar-refractivity contribution is 0.0775. The smallest absolute Gasteiger partial charge is 0.254 e. The van der Waals surface area contributed by atoms with Crippen molar-refractivity contribution in [1.82, 2.24) is 14.9 Å². The van der Waals surface area contributed by atoms with Gasteiger partial charge in [-0.3, -0.25) is 4.79 Å². The van der Waals surface area contributed by atoms with Gasteiger partial charge in [-0.15, -0.1) is 0 Å². The zero-order valence-corrected chi connectivity index (χ0v) is 13.3. The Hall–Kier alpha value is -2.43. The zero-order valence-electron chi connectivity index (χ0n) is 13.3. The van der Waals surface area contributed by atoms with E-state index in [-0.39, 0.29) is 11.4 Å². The van der Waals surface area contributed by atoms with Gasteiger partial charge in [-0.2, -0.15) is 0 Å². The third kappa shape index (κ3) is 2.27. The van der Waals surface area contributed by atoms with E-state index in [4.69, 9.17) is 0 Å². The summed E-state index contributed by atoms with van der Waals surface area (Å²) in [5.41, 5.74) is 1.88. The second-order valence-corrected chi connectivity index (χ2v) is 6.47.